The van der Waals surface area contributed by atoms with Crippen LogP contribution in [-0.2, 0) is 6.61 Å². The minimum absolute atomic E-state index is 0.256. The molecule has 0 unspecified atom stereocenters. The number of alkyl halides is 1. The fourth-order valence-corrected chi connectivity index (χ4v) is 1.82. The van der Waals surface area contributed by atoms with E-state index < -0.39 is 0 Å². The number of phenols is 1. The number of ether oxygens (including phenoxy) is 1. The monoisotopic (exact) mass is 286 g/mol. The molecule has 1 N–H and O–H groups in total. The van der Waals surface area contributed by atoms with Gasteiger partial charge in [0.05, 0.1) is 5.88 Å². The van der Waals surface area contributed by atoms with E-state index in [1.165, 1.54) is 0 Å². The first-order chi connectivity index (χ1) is 9.69. The Bertz CT molecular complexity index is 636. The lowest BCUT2D eigenvalue weighted by Gasteiger charge is -2.08. The van der Waals surface area contributed by atoms with E-state index in [1.54, 1.807) is 12.1 Å². The van der Waals surface area contributed by atoms with Gasteiger partial charge >= 0.3 is 0 Å². The molecule has 0 atom stereocenters. The Kier molecular flexibility index (Phi) is 4.92. The number of hydrogen-bond acceptors (Lipinski definition) is 2. The summed E-state index contributed by atoms with van der Waals surface area (Å²) in [6.45, 7) is 2.46. The van der Waals surface area contributed by atoms with Gasteiger partial charge in [0, 0.05) is 5.56 Å². The lowest BCUT2D eigenvalue weighted by Crippen LogP contribution is -1.96. The number of benzene rings is 2. The van der Waals surface area contributed by atoms with E-state index in [9.17, 15) is 5.11 Å². The standard InChI is InChI=1S/C17H15ClO2/c1-13-11-17(9-6-15(13)3-2-10-18)20-12-14-4-7-16(19)8-5-14/h4-9,11,19H,10,12H2,1H3. The number of aromatic hydroxyl groups is 1. The summed E-state index contributed by atoms with van der Waals surface area (Å²) in [5, 5.41) is 9.22. The Morgan fingerprint density at radius 1 is 1.15 bits per heavy atom. The van der Waals surface area contributed by atoms with Crippen LogP contribution in [-0.4, -0.2) is 11.0 Å². The maximum absolute atomic E-state index is 9.22. The van der Waals surface area contributed by atoms with Crippen LogP contribution in [0.15, 0.2) is 42.5 Å². The van der Waals surface area contributed by atoms with Crippen molar-refractivity contribution in [2.75, 3.05) is 5.88 Å². The highest BCUT2D eigenvalue weighted by atomic mass is 35.5. The second-order valence-electron chi connectivity index (χ2n) is 4.37. The Balaban J connectivity index is 2.03. The summed E-state index contributed by atoms with van der Waals surface area (Å²) in [5.41, 5.74) is 3.03. The summed E-state index contributed by atoms with van der Waals surface area (Å²) in [6.07, 6.45) is 0. The van der Waals surface area contributed by atoms with Crippen LogP contribution in [0.3, 0.4) is 0 Å². The molecule has 0 aromatic heterocycles. The third kappa shape index (κ3) is 3.94. The average molecular weight is 287 g/mol. The van der Waals surface area contributed by atoms with Crippen LogP contribution in [0.2, 0.25) is 0 Å². The molecule has 20 heavy (non-hydrogen) atoms. The third-order valence-corrected chi connectivity index (χ3v) is 2.96. The highest BCUT2D eigenvalue weighted by Crippen LogP contribution is 2.18. The van der Waals surface area contributed by atoms with Crippen LogP contribution in [0, 0.1) is 18.8 Å². The van der Waals surface area contributed by atoms with Crippen LogP contribution in [0.1, 0.15) is 16.7 Å². The van der Waals surface area contributed by atoms with Crippen molar-refractivity contribution in [1.82, 2.24) is 0 Å². The fraction of sp³-hybridized carbons (Fsp3) is 0.176. The Morgan fingerprint density at radius 2 is 1.90 bits per heavy atom. The number of phenolic OH excluding ortho intramolecular Hbond substituents is 1. The molecule has 0 aliphatic rings. The summed E-state index contributed by atoms with van der Waals surface area (Å²) < 4.78 is 5.72. The first kappa shape index (κ1) is 14.3. The highest BCUT2D eigenvalue weighted by Gasteiger charge is 2.00. The molecule has 0 bridgehead atoms. The van der Waals surface area contributed by atoms with Crippen molar-refractivity contribution in [3.63, 3.8) is 0 Å². The van der Waals surface area contributed by atoms with Gasteiger partial charge in [-0.05, 0) is 48.4 Å². The van der Waals surface area contributed by atoms with Crippen LogP contribution in [0.5, 0.6) is 11.5 Å². The van der Waals surface area contributed by atoms with Gasteiger partial charge in [0.15, 0.2) is 0 Å². The van der Waals surface area contributed by atoms with Gasteiger partial charge in [-0.2, -0.15) is 0 Å². The van der Waals surface area contributed by atoms with Gasteiger partial charge in [-0.1, -0.05) is 24.0 Å². The third-order valence-electron chi connectivity index (χ3n) is 2.83. The van der Waals surface area contributed by atoms with Gasteiger partial charge in [-0.3, -0.25) is 0 Å². The first-order valence-electron chi connectivity index (χ1n) is 6.25. The summed E-state index contributed by atoms with van der Waals surface area (Å²) in [4.78, 5) is 0. The van der Waals surface area contributed by atoms with Crippen LogP contribution >= 0.6 is 11.6 Å². The van der Waals surface area contributed by atoms with Crippen LogP contribution in [0.25, 0.3) is 0 Å². The summed E-state index contributed by atoms with van der Waals surface area (Å²) in [7, 11) is 0. The molecular formula is C17H15ClO2. The molecule has 0 fully saturated rings. The summed E-state index contributed by atoms with van der Waals surface area (Å²) in [6, 6.07) is 12.7. The minimum Gasteiger partial charge on any atom is -0.508 e. The molecule has 2 rings (SSSR count). The molecule has 0 radical (unpaired) electrons. The quantitative estimate of drug-likeness (QED) is 0.685. The molecule has 3 heteroatoms. The number of rotatable bonds is 3. The maximum Gasteiger partial charge on any atom is 0.120 e. The Labute approximate surface area is 124 Å². The summed E-state index contributed by atoms with van der Waals surface area (Å²) in [5.74, 6) is 7.23. The lowest BCUT2D eigenvalue weighted by molar-refractivity contribution is 0.306. The maximum atomic E-state index is 9.22. The smallest absolute Gasteiger partial charge is 0.120 e. The SMILES string of the molecule is Cc1cc(OCc2ccc(O)cc2)ccc1C#CCCl. The van der Waals surface area contributed by atoms with E-state index >= 15 is 0 Å². The second-order valence-corrected chi connectivity index (χ2v) is 4.63. The average Bonchev–Trinajstić information content (AvgIpc) is 2.46. The molecule has 2 aromatic carbocycles. The van der Waals surface area contributed by atoms with Crippen molar-refractivity contribution in [3.8, 4) is 23.3 Å². The van der Waals surface area contributed by atoms with Crippen molar-refractivity contribution >= 4 is 11.6 Å². The molecule has 0 spiro atoms. The minimum atomic E-state index is 0.256. The van der Waals surface area contributed by atoms with E-state index in [0.29, 0.717) is 12.5 Å². The van der Waals surface area contributed by atoms with Crippen molar-refractivity contribution in [2.45, 2.75) is 13.5 Å². The molecule has 102 valence electrons. The van der Waals surface area contributed by atoms with E-state index in [2.05, 4.69) is 11.8 Å². The normalized spacial score (nSPS) is 9.70. The molecule has 0 amide bonds. The zero-order valence-corrected chi connectivity index (χ0v) is 11.9. The second kappa shape index (κ2) is 6.88. The molecular weight excluding hydrogens is 272 g/mol. The van der Waals surface area contributed by atoms with E-state index in [-0.39, 0.29) is 5.75 Å². The van der Waals surface area contributed by atoms with Crippen molar-refractivity contribution < 1.29 is 9.84 Å². The Hall–Kier alpha value is -2.11. The van der Waals surface area contributed by atoms with Gasteiger partial charge < -0.3 is 9.84 Å². The largest absolute Gasteiger partial charge is 0.508 e. The van der Waals surface area contributed by atoms with Gasteiger partial charge in [-0.15, -0.1) is 11.6 Å². The topological polar surface area (TPSA) is 29.5 Å². The van der Waals surface area contributed by atoms with E-state index in [1.807, 2.05) is 37.3 Å². The number of aryl methyl sites for hydroxylation is 1. The number of hydrogen-bond donors (Lipinski definition) is 1. The molecule has 0 aliphatic carbocycles. The molecule has 0 aliphatic heterocycles. The number of halogens is 1. The molecule has 2 nitrogen and oxygen atoms in total. The molecule has 2 aromatic rings. The van der Waals surface area contributed by atoms with Crippen molar-refractivity contribution in [1.29, 1.82) is 0 Å². The van der Waals surface area contributed by atoms with E-state index in [4.69, 9.17) is 16.3 Å². The first-order valence-corrected chi connectivity index (χ1v) is 6.78. The highest BCUT2D eigenvalue weighted by molar-refractivity contribution is 6.19. The molecule has 0 heterocycles. The molecule has 0 saturated carbocycles. The zero-order valence-electron chi connectivity index (χ0n) is 11.2. The predicted molar refractivity (Wildman–Crippen MR) is 81.2 cm³/mol. The zero-order chi connectivity index (χ0) is 14.4. The summed E-state index contributed by atoms with van der Waals surface area (Å²) >= 11 is 5.55. The fourth-order valence-electron chi connectivity index (χ4n) is 1.75. The van der Waals surface area contributed by atoms with E-state index in [0.717, 1.165) is 22.4 Å². The van der Waals surface area contributed by atoms with Crippen LogP contribution in [0.4, 0.5) is 0 Å². The van der Waals surface area contributed by atoms with Gasteiger partial charge in [0.1, 0.15) is 18.1 Å². The van der Waals surface area contributed by atoms with Crippen LogP contribution < -0.4 is 4.74 Å². The lowest BCUT2D eigenvalue weighted by atomic mass is 10.1. The van der Waals surface area contributed by atoms with Gasteiger partial charge in [0.2, 0.25) is 0 Å². The van der Waals surface area contributed by atoms with Gasteiger partial charge in [0.25, 0.3) is 0 Å². The van der Waals surface area contributed by atoms with Gasteiger partial charge in [-0.25, -0.2) is 0 Å². The Morgan fingerprint density at radius 3 is 2.55 bits per heavy atom. The molecule has 0 saturated heterocycles. The van der Waals surface area contributed by atoms with Crippen molar-refractivity contribution in [2.24, 2.45) is 0 Å². The predicted octanol–water partition coefficient (Wildman–Crippen LogP) is 3.87. The van der Waals surface area contributed by atoms with Crippen molar-refractivity contribution in [3.05, 3.63) is 59.2 Å².